The second-order valence-electron chi connectivity index (χ2n) is 3.85. The zero-order valence-corrected chi connectivity index (χ0v) is 7.19. The largest absolute Gasteiger partial charge is 0.469 e. The van der Waals surface area contributed by atoms with Crippen LogP contribution >= 0.6 is 0 Å². The van der Waals surface area contributed by atoms with Gasteiger partial charge in [0.15, 0.2) is 0 Å². The Morgan fingerprint density at radius 1 is 1.50 bits per heavy atom. The lowest BCUT2D eigenvalue weighted by atomic mass is 9.97. The van der Waals surface area contributed by atoms with Gasteiger partial charge in [0.2, 0.25) is 0 Å². The monoisotopic (exact) mass is 170 g/mol. The lowest BCUT2D eigenvalue weighted by Crippen LogP contribution is -2.23. The zero-order chi connectivity index (χ0) is 8.72. The number of aliphatic hydroxyl groups excluding tert-OH is 1. The van der Waals surface area contributed by atoms with E-state index in [9.17, 15) is 9.90 Å². The first kappa shape index (κ1) is 8.05. The summed E-state index contributed by atoms with van der Waals surface area (Å²) in [6.45, 7) is 0. The maximum atomic E-state index is 11.3. The molecule has 68 valence electrons. The summed E-state index contributed by atoms with van der Waals surface area (Å²) in [5.74, 6) is 0.434. The van der Waals surface area contributed by atoms with Gasteiger partial charge >= 0.3 is 5.97 Å². The van der Waals surface area contributed by atoms with Crippen molar-refractivity contribution in [3.8, 4) is 0 Å². The van der Waals surface area contributed by atoms with Crippen molar-refractivity contribution in [2.24, 2.45) is 17.8 Å². The number of rotatable bonds is 1. The molecule has 0 aromatic heterocycles. The number of hydrogen-bond donors (Lipinski definition) is 1. The van der Waals surface area contributed by atoms with Crippen LogP contribution in [0.25, 0.3) is 0 Å². The van der Waals surface area contributed by atoms with E-state index < -0.39 is 0 Å². The highest BCUT2D eigenvalue weighted by molar-refractivity contribution is 5.74. The van der Waals surface area contributed by atoms with Crippen LogP contribution in [0.15, 0.2) is 0 Å². The molecule has 0 aromatic carbocycles. The van der Waals surface area contributed by atoms with Gasteiger partial charge in [0.05, 0.1) is 19.1 Å². The molecule has 0 saturated heterocycles. The van der Waals surface area contributed by atoms with Gasteiger partial charge in [-0.1, -0.05) is 0 Å². The van der Waals surface area contributed by atoms with Crippen LogP contribution in [0.2, 0.25) is 0 Å². The molecule has 12 heavy (non-hydrogen) atoms. The minimum absolute atomic E-state index is 0.00926. The van der Waals surface area contributed by atoms with Crippen molar-refractivity contribution in [2.45, 2.75) is 25.4 Å². The Balaban J connectivity index is 2.13. The van der Waals surface area contributed by atoms with Crippen LogP contribution in [-0.2, 0) is 9.53 Å². The summed E-state index contributed by atoms with van der Waals surface area (Å²) in [4.78, 5) is 11.3. The SMILES string of the molecule is COC(=O)C1C2CC[C@H]1C(O)C2. The Labute approximate surface area is 71.7 Å². The molecule has 3 unspecified atom stereocenters. The predicted molar refractivity (Wildman–Crippen MR) is 42.3 cm³/mol. The standard InChI is InChI=1S/C9H14O3/c1-12-9(11)8-5-2-3-6(8)7(10)4-5/h5-8,10H,2-4H2,1H3/t5?,6-,7?,8?/m0/s1. The van der Waals surface area contributed by atoms with Crippen LogP contribution in [0.1, 0.15) is 19.3 Å². The van der Waals surface area contributed by atoms with Crippen molar-refractivity contribution < 1.29 is 14.6 Å². The molecule has 0 radical (unpaired) electrons. The fourth-order valence-electron chi connectivity index (χ4n) is 2.80. The van der Waals surface area contributed by atoms with E-state index in [0.717, 1.165) is 19.3 Å². The van der Waals surface area contributed by atoms with Crippen LogP contribution in [0, 0.1) is 17.8 Å². The molecule has 0 spiro atoms. The smallest absolute Gasteiger partial charge is 0.309 e. The first-order valence-electron chi connectivity index (χ1n) is 4.50. The molecule has 2 saturated carbocycles. The summed E-state index contributed by atoms with van der Waals surface area (Å²) in [6, 6.07) is 0. The average molecular weight is 170 g/mol. The quantitative estimate of drug-likeness (QED) is 0.585. The number of aliphatic hydroxyl groups is 1. The summed E-state index contributed by atoms with van der Waals surface area (Å²) < 4.78 is 4.71. The predicted octanol–water partition coefficient (Wildman–Crippen LogP) is 0.566. The lowest BCUT2D eigenvalue weighted by Gasteiger charge is -2.15. The van der Waals surface area contributed by atoms with Gasteiger partial charge in [-0.2, -0.15) is 0 Å². The normalized spacial score (nSPS) is 44.8. The van der Waals surface area contributed by atoms with Gasteiger partial charge in [0, 0.05) is 0 Å². The van der Waals surface area contributed by atoms with Crippen LogP contribution in [-0.4, -0.2) is 24.3 Å². The highest BCUT2D eigenvalue weighted by Crippen LogP contribution is 2.49. The van der Waals surface area contributed by atoms with Gasteiger partial charge in [-0.25, -0.2) is 0 Å². The van der Waals surface area contributed by atoms with Crippen molar-refractivity contribution in [1.82, 2.24) is 0 Å². The molecule has 1 N–H and O–H groups in total. The second-order valence-corrected chi connectivity index (χ2v) is 3.85. The Hall–Kier alpha value is -0.570. The minimum Gasteiger partial charge on any atom is -0.469 e. The number of methoxy groups -OCH3 is 1. The van der Waals surface area contributed by atoms with Crippen LogP contribution in [0.5, 0.6) is 0 Å². The van der Waals surface area contributed by atoms with Crippen molar-refractivity contribution >= 4 is 5.97 Å². The number of carbonyl (C=O) groups is 1. The number of carbonyl (C=O) groups excluding carboxylic acids is 1. The van der Waals surface area contributed by atoms with Crippen LogP contribution < -0.4 is 0 Å². The first-order chi connectivity index (χ1) is 5.74. The van der Waals surface area contributed by atoms with Gasteiger partial charge in [0.25, 0.3) is 0 Å². The Bertz CT molecular complexity index is 202. The minimum atomic E-state index is -0.257. The maximum absolute atomic E-state index is 11.3. The summed E-state index contributed by atoms with van der Waals surface area (Å²) >= 11 is 0. The number of ether oxygens (including phenoxy) is 1. The molecule has 2 rings (SSSR count). The highest BCUT2D eigenvalue weighted by Gasteiger charge is 2.51. The van der Waals surface area contributed by atoms with E-state index in [1.807, 2.05) is 0 Å². The third kappa shape index (κ3) is 0.959. The van der Waals surface area contributed by atoms with E-state index in [4.69, 9.17) is 4.74 Å². The van der Waals surface area contributed by atoms with E-state index in [-0.39, 0.29) is 23.9 Å². The third-order valence-corrected chi connectivity index (χ3v) is 3.35. The highest BCUT2D eigenvalue weighted by atomic mass is 16.5. The zero-order valence-electron chi connectivity index (χ0n) is 7.19. The van der Waals surface area contributed by atoms with E-state index in [1.54, 1.807) is 0 Å². The van der Waals surface area contributed by atoms with Crippen molar-refractivity contribution in [2.75, 3.05) is 7.11 Å². The van der Waals surface area contributed by atoms with Crippen LogP contribution in [0.4, 0.5) is 0 Å². The van der Waals surface area contributed by atoms with Gasteiger partial charge < -0.3 is 9.84 Å². The summed E-state index contributed by atoms with van der Waals surface area (Å²) in [7, 11) is 1.42. The van der Waals surface area contributed by atoms with Gasteiger partial charge in [-0.3, -0.25) is 4.79 Å². The molecule has 4 atom stereocenters. The fourth-order valence-corrected chi connectivity index (χ4v) is 2.80. The average Bonchev–Trinajstić information content (AvgIpc) is 2.59. The van der Waals surface area contributed by atoms with Gasteiger partial charge in [-0.15, -0.1) is 0 Å². The van der Waals surface area contributed by atoms with Gasteiger partial charge in [-0.05, 0) is 31.1 Å². The molecular weight excluding hydrogens is 156 g/mol. The first-order valence-corrected chi connectivity index (χ1v) is 4.50. The molecule has 0 amide bonds. The molecule has 0 aliphatic heterocycles. The molecule has 3 nitrogen and oxygen atoms in total. The number of esters is 1. The molecule has 3 heteroatoms. The number of fused-ring (bicyclic) bond motifs is 2. The number of hydrogen-bond acceptors (Lipinski definition) is 3. The lowest BCUT2D eigenvalue weighted by molar-refractivity contribution is -0.147. The maximum Gasteiger partial charge on any atom is 0.309 e. The molecule has 0 aromatic rings. The van der Waals surface area contributed by atoms with Crippen molar-refractivity contribution in [1.29, 1.82) is 0 Å². The van der Waals surface area contributed by atoms with Crippen LogP contribution in [0.3, 0.4) is 0 Å². The molecule has 2 bridgehead atoms. The Kier molecular flexibility index (Phi) is 1.83. The molecule has 2 aliphatic rings. The van der Waals surface area contributed by atoms with Crippen molar-refractivity contribution in [3.63, 3.8) is 0 Å². The van der Waals surface area contributed by atoms with E-state index >= 15 is 0 Å². The molecule has 2 fully saturated rings. The molecular formula is C9H14O3. The Morgan fingerprint density at radius 3 is 2.67 bits per heavy atom. The fraction of sp³-hybridized carbons (Fsp3) is 0.889. The summed E-state index contributed by atoms with van der Waals surface area (Å²) in [5, 5.41) is 9.53. The second kappa shape index (κ2) is 2.73. The summed E-state index contributed by atoms with van der Waals surface area (Å²) in [6.07, 6.45) is 2.62. The van der Waals surface area contributed by atoms with Crippen molar-refractivity contribution in [3.05, 3.63) is 0 Å². The van der Waals surface area contributed by atoms with E-state index in [0.29, 0.717) is 5.92 Å². The summed E-state index contributed by atoms with van der Waals surface area (Å²) in [5.41, 5.74) is 0. The van der Waals surface area contributed by atoms with E-state index in [2.05, 4.69) is 0 Å². The van der Waals surface area contributed by atoms with E-state index in [1.165, 1.54) is 7.11 Å². The topological polar surface area (TPSA) is 46.5 Å². The molecule has 0 heterocycles. The van der Waals surface area contributed by atoms with Gasteiger partial charge in [0.1, 0.15) is 0 Å². The molecule has 2 aliphatic carbocycles. The third-order valence-electron chi connectivity index (χ3n) is 3.35. The Morgan fingerprint density at radius 2 is 2.25 bits per heavy atom.